The van der Waals surface area contributed by atoms with Gasteiger partial charge in [0.1, 0.15) is 5.52 Å². The van der Waals surface area contributed by atoms with Gasteiger partial charge in [-0.2, -0.15) is 4.98 Å². The number of hydrogen-bond donors (Lipinski definition) is 1. The molecular weight excluding hydrogens is 287 g/mol. The average Bonchev–Trinajstić information content (AvgIpc) is 2.83. The van der Waals surface area contributed by atoms with Gasteiger partial charge in [0, 0.05) is 12.6 Å². The summed E-state index contributed by atoms with van der Waals surface area (Å²) in [6.07, 6.45) is 5.82. The lowest BCUT2D eigenvalue weighted by Crippen LogP contribution is -2.20. The summed E-state index contributed by atoms with van der Waals surface area (Å²) < 4.78 is 2.03. The third-order valence-electron chi connectivity index (χ3n) is 3.82. The first-order valence-corrected chi connectivity index (χ1v) is 7.11. The van der Waals surface area contributed by atoms with E-state index in [-0.39, 0.29) is 17.0 Å². The van der Waals surface area contributed by atoms with Crippen LogP contribution >= 0.6 is 23.2 Å². The molecule has 2 aromatic rings. The van der Waals surface area contributed by atoms with Crippen molar-refractivity contribution in [2.24, 2.45) is 5.92 Å². The van der Waals surface area contributed by atoms with E-state index in [2.05, 4.69) is 15.0 Å². The normalized spacial score (nSPS) is 23.9. The van der Waals surface area contributed by atoms with E-state index in [4.69, 9.17) is 23.2 Å². The minimum Gasteiger partial charge on any atom is -0.396 e. The monoisotopic (exact) mass is 300 g/mol. The summed E-state index contributed by atoms with van der Waals surface area (Å²) >= 11 is 11.9. The molecule has 1 N–H and O–H groups in total. The number of halogens is 2. The SMILES string of the molecule is OC[C@H]1CC[C@@H](n2cnc3c(Cl)nc(Cl)nc32)CC1. The van der Waals surface area contributed by atoms with Crippen LogP contribution < -0.4 is 0 Å². The fourth-order valence-electron chi connectivity index (χ4n) is 2.73. The third-order valence-corrected chi connectivity index (χ3v) is 4.25. The van der Waals surface area contributed by atoms with Gasteiger partial charge in [-0.1, -0.05) is 11.6 Å². The largest absolute Gasteiger partial charge is 0.396 e. The third kappa shape index (κ3) is 2.42. The summed E-state index contributed by atoms with van der Waals surface area (Å²) in [7, 11) is 0. The first-order chi connectivity index (χ1) is 9.19. The van der Waals surface area contributed by atoms with Gasteiger partial charge in [-0.05, 0) is 43.2 Å². The van der Waals surface area contributed by atoms with Crippen LogP contribution in [0.1, 0.15) is 31.7 Å². The van der Waals surface area contributed by atoms with Crippen molar-refractivity contribution < 1.29 is 5.11 Å². The highest BCUT2D eigenvalue weighted by molar-refractivity contribution is 6.35. The van der Waals surface area contributed by atoms with E-state index in [1.165, 1.54) is 0 Å². The number of rotatable bonds is 2. The fraction of sp³-hybridized carbons (Fsp3) is 0.583. The van der Waals surface area contributed by atoms with Gasteiger partial charge < -0.3 is 9.67 Å². The van der Waals surface area contributed by atoms with Crippen molar-refractivity contribution in [2.45, 2.75) is 31.7 Å². The lowest BCUT2D eigenvalue weighted by Gasteiger charge is -2.28. The molecule has 1 aliphatic carbocycles. The van der Waals surface area contributed by atoms with Crippen LogP contribution in [-0.4, -0.2) is 31.2 Å². The molecule has 2 aromatic heterocycles. The van der Waals surface area contributed by atoms with Crippen LogP contribution in [0.2, 0.25) is 10.4 Å². The van der Waals surface area contributed by atoms with E-state index in [1.54, 1.807) is 6.33 Å². The highest BCUT2D eigenvalue weighted by Crippen LogP contribution is 2.34. The summed E-state index contributed by atoms with van der Waals surface area (Å²) in [5.74, 6) is 0.424. The van der Waals surface area contributed by atoms with E-state index >= 15 is 0 Å². The van der Waals surface area contributed by atoms with Crippen molar-refractivity contribution in [2.75, 3.05) is 6.61 Å². The van der Waals surface area contributed by atoms with E-state index in [0.29, 0.717) is 23.1 Å². The number of aliphatic hydroxyl groups is 1. The molecule has 7 heteroatoms. The fourth-order valence-corrected chi connectivity index (χ4v) is 3.15. The van der Waals surface area contributed by atoms with E-state index < -0.39 is 0 Å². The van der Waals surface area contributed by atoms with Crippen LogP contribution in [0.25, 0.3) is 11.2 Å². The summed E-state index contributed by atoms with van der Waals surface area (Å²) in [5.41, 5.74) is 1.28. The van der Waals surface area contributed by atoms with Gasteiger partial charge >= 0.3 is 0 Å². The minimum absolute atomic E-state index is 0.142. The molecule has 0 aromatic carbocycles. The minimum atomic E-state index is 0.142. The zero-order valence-electron chi connectivity index (χ0n) is 10.3. The molecule has 1 saturated carbocycles. The van der Waals surface area contributed by atoms with Crippen LogP contribution in [-0.2, 0) is 0 Å². The summed E-state index contributed by atoms with van der Waals surface area (Å²) in [5, 5.41) is 9.61. The molecule has 102 valence electrons. The Labute approximate surface area is 120 Å². The first-order valence-electron chi connectivity index (χ1n) is 6.35. The standard InChI is InChI=1S/C12H14Cl2N4O/c13-10-9-11(17-12(14)16-10)18(6-15-9)8-3-1-7(5-19)2-4-8/h6-8,19H,1-5H2/t7-,8+. The Morgan fingerprint density at radius 1 is 1.21 bits per heavy atom. The average molecular weight is 301 g/mol. The summed E-state index contributed by atoms with van der Waals surface area (Å²) in [6, 6.07) is 0.342. The lowest BCUT2D eigenvalue weighted by atomic mass is 9.86. The molecule has 0 spiro atoms. The molecule has 0 radical (unpaired) electrons. The van der Waals surface area contributed by atoms with Gasteiger partial charge in [0.15, 0.2) is 10.8 Å². The number of fused-ring (bicyclic) bond motifs is 1. The predicted molar refractivity (Wildman–Crippen MR) is 73.4 cm³/mol. The second-order valence-electron chi connectivity index (χ2n) is 4.96. The molecule has 3 rings (SSSR count). The number of nitrogens with zero attached hydrogens (tertiary/aromatic N) is 4. The highest BCUT2D eigenvalue weighted by Gasteiger charge is 2.24. The molecule has 0 amide bonds. The van der Waals surface area contributed by atoms with Crippen molar-refractivity contribution in [1.82, 2.24) is 19.5 Å². The lowest BCUT2D eigenvalue weighted by molar-refractivity contribution is 0.169. The Morgan fingerprint density at radius 2 is 1.95 bits per heavy atom. The Kier molecular flexibility index (Phi) is 3.60. The quantitative estimate of drug-likeness (QED) is 0.684. The van der Waals surface area contributed by atoms with Crippen LogP contribution in [0.3, 0.4) is 0 Å². The maximum Gasteiger partial charge on any atom is 0.225 e. The van der Waals surface area contributed by atoms with Crippen LogP contribution in [0.5, 0.6) is 0 Å². The molecule has 2 heterocycles. The molecule has 1 aliphatic rings. The molecule has 0 bridgehead atoms. The zero-order valence-corrected chi connectivity index (χ0v) is 11.8. The molecule has 19 heavy (non-hydrogen) atoms. The van der Waals surface area contributed by atoms with Crippen LogP contribution in [0, 0.1) is 5.92 Å². The summed E-state index contributed by atoms with van der Waals surface area (Å²) in [6.45, 7) is 0.275. The Bertz CT molecular complexity index is 593. The van der Waals surface area contributed by atoms with Gasteiger partial charge in [0.05, 0.1) is 6.33 Å². The molecule has 0 aliphatic heterocycles. The topological polar surface area (TPSA) is 63.8 Å². The smallest absolute Gasteiger partial charge is 0.225 e. The maximum atomic E-state index is 9.18. The Morgan fingerprint density at radius 3 is 2.63 bits per heavy atom. The van der Waals surface area contributed by atoms with Crippen molar-refractivity contribution in [1.29, 1.82) is 0 Å². The highest BCUT2D eigenvalue weighted by atomic mass is 35.5. The number of aliphatic hydroxyl groups excluding tert-OH is 1. The van der Waals surface area contributed by atoms with Crippen molar-refractivity contribution >= 4 is 34.4 Å². The van der Waals surface area contributed by atoms with Gasteiger partial charge in [-0.15, -0.1) is 0 Å². The van der Waals surface area contributed by atoms with Crippen LogP contribution in [0.15, 0.2) is 6.33 Å². The second-order valence-corrected chi connectivity index (χ2v) is 5.66. The number of aromatic nitrogens is 4. The van der Waals surface area contributed by atoms with Crippen molar-refractivity contribution in [3.63, 3.8) is 0 Å². The Hall–Kier alpha value is -0.910. The van der Waals surface area contributed by atoms with Gasteiger partial charge in [0.25, 0.3) is 0 Å². The molecule has 1 fully saturated rings. The second kappa shape index (κ2) is 5.23. The molecular formula is C12H14Cl2N4O. The van der Waals surface area contributed by atoms with Gasteiger partial charge in [0.2, 0.25) is 5.28 Å². The maximum absolute atomic E-state index is 9.18. The van der Waals surface area contributed by atoms with Gasteiger partial charge in [-0.25, -0.2) is 9.97 Å². The molecule has 5 nitrogen and oxygen atoms in total. The summed E-state index contributed by atoms with van der Waals surface area (Å²) in [4.78, 5) is 12.4. The number of hydrogen-bond acceptors (Lipinski definition) is 4. The molecule has 0 saturated heterocycles. The predicted octanol–water partition coefficient (Wildman–Crippen LogP) is 2.86. The zero-order chi connectivity index (χ0) is 13.4. The van der Waals surface area contributed by atoms with E-state index in [1.807, 2.05) is 4.57 Å². The first kappa shape index (κ1) is 13.1. The van der Waals surface area contributed by atoms with Crippen molar-refractivity contribution in [3.05, 3.63) is 16.8 Å². The van der Waals surface area contributed by atoms with E-state index in [0.717, 1.165) is 25.7 Å². The molecule has 0 atom stereocenters. The van der Waals surface area contributed by atoms with Gasteiger partial charge in [-0.3, -0.25) is 0 Å². The Balaban J connectivity index is 1.93. The number of imidazole rings is 1. The molecule has 0 unspecified atom stereocenters. The van der Waals surface area contributed by atoms with Crippen LogP contribution in [0.4, 0.5) is 0 Å². The van der Waals surface area contributed by atoms with E-state index in [9.17, 15) is 5.11 Å². The van der Waals surface area contributed by atoms with Crippen molar-refractivity contribution in [3.8, 4) is 0 Å².